The van der Waals surface area contributed by atoms with E-state index in [9.17, 15) is 4.79 Å². The average Bonchev–Trinajstić information content (AvgIpc) is 3.57. The summed E-state index contributed by atoms with van der Waals surface area (Å²) < 4.78 is 0. The van der Waals surface area contributed by atoms with Crippen LogP contribution in [0.3, 0.4) is 0 Å². The molecule has 1 aliphatic heterocycles. The van der Waals surface area contributed by atoms with Crippen LogP contribution in [0.15, 0.2) is 24.3 Å². The maximum atomic E-state index is 13.0. The first-order chi connectivity index (χ1) is 13.8. The van der Waals surface area contributed by atoms with Gasteiger partial charge in [0, 0.05) is 49.4 Å². The lowest BCUT2D eigenvalue weighted by Crippen LogP contribution is -2.45. The standard InChI is InChI=1S/C23H35N3OS/c27-23(26(18-20-6-7-20)22-4-2-1-3-5-22)24-21-10-8-19(9-11-21)12-13-25-14-16-28-17-15-25/h8-11,20,22H,1-7,12-18H2,(H,24,27). The van der Waals surface area contributed by atoms with Crippen molar-refractivity contribution in [2.45, 2.75) is 57.4 Å². The van der Waals surface area contributed by atoms with Crippen LogP contribution in [0, 0.1) is 5.92 Å². The van der Waals surface area contributed by atoms with E-state index < -0.39 is 0 Å². The minimum Gasteiger partial charge on any atom is -0.321 e. The summed E-state index contributed by atoms with van der Waals surface area (Å²) in [7, 11) is 0. The Bertz CT molecular complexity index is 619. The van der Waals surface area contributed by atoms with Gasteiger partial charge in [-0.1, -0.05) is 31.4 Å². The number of hydrogen-bond donors (Lipinski definition) is 1. The molecule has 1 aromatic carbocycles. The Kier molecular flexibility index (Phi) is 7.19. The number of benzene rings is 1. The van der Waals surface area contributed by atoms with Gasteiger partial charge in [0.15, 0.2) is 0 Å². The normalized spacial score (nSPS) is 21.4. The van der Waals surface area contributed by atoms with Crippen molar-refractivity contribution in [3.05, 3.63) is 29.8 Å². The van der Waals surface area contributed by atoms with Crippen molar-refractivity contribution in [1.82, 2.24) is 9.80 Å². The summed E-state index contributed by atoms with van der Waals surface area (Å²) in [5.74, 6) is 3.27. The van der Waals surface area contributed by atoms with E-state index in [0.717, 1.165) is 31.1 Å². The Morgan fingerprint density at radius 1 is 1.04 bits per heavy atom. The molecule has 5 heteroatoms. The number of nitrogens with zero attached hydrogens (tertiary/aromatic N) is 2. The van der Waals surface area contributed by atoms with Crippen molar-refractivity contribution in [3.63, 3.8) is 0 Å². The van der Waals surface area contributed by atoms with Gasteiger partial charge >= 0.3 is 6.03 Å². The van der Waals surface area contributed by atoms with E-state index in [-0.39, 0.29) is 6.03 Å². The molecule has 2 aliphatic carbocycles. The van der Waals surface area contributed by atoms with Gasteiger partial charge in [-0.25, -0.2) is 4.79 Å². The molecule has 0 unspecified atom stereocenters. The smallest absolute Gasteiger partial charge is 0.321 e. The third kappa shape index (κ3) is 5.90. The molecule has 0 spiro atoms. The molecule has 0 bridgehead atoms. The number of nitrogens with one attached hydrogen (secondary N) is 1. The third-order valence-electron chi connectivity index (χ3n) is 6.45. The second-order valence-corrected chi connectivity index (χ2v) is 9.94. The van der Waals surface area contributed by atoms with E-state index in [2.05, 4.69) is 51.1 Å². The molecule has 1 N–H and O–H groups in total. The molecule has 3 aliphatic rings. The first-order valence-electron chi connectivity index (χ1n) is 11.2. The highest BCUT2D eigenvalue weighted by Crippen LogP contribution is 2.33. The van der Waals surface area contributed by atoms with Gasteiger partial charge < -0.3 is 15.1 Å². The summed E-state index contributed by atoms with van der Waals surface area (Å²) in [4.78, 5) is 17.7. The van der Waals surface area contributed by atoms with E-state index in [0.29, 0.717) is 6.04 Å². The summed E-state index contributed by atoms with van der Waals surface area (Å²) >= 11 is 2.06. The maximum Gasteiger partial charge on any atom is 0.322 e. The lowest BCUT2D eigenvalue weighted by atomic mass is 9.94. The fraction of sp³-hybridized carbons (Fsp3) is 0.696. The Labute approximate surface area is 174 Å². The molecule has 2 amide bonds. The van der Waals surface area contributed by atoms with Gasteiger partial charge in [0.05, 0.1) is 0 Å². The Hall–Kier alpha value is -1.20. The van der Waals surface area contributed by atoms with Crippen molar-refractivity contribution in [2.75, 3.05) is 43.0 Å². The molecule has 4 rings (SSSR count). The molecule has 0 aromatic heterocycles. The molecule has 1 aromatic rings. The van der Waals surface area contributed by atoms with E-state index >= 15 is 0 Å². The molecular formula is C23H35N3OS. The number of urea groups is 1. The second kappa shape index (κ2) is 10.0. The van der Waals surface area contributed by atoms with E-state index in [4.69, 9.17) is 0 Å². The molecule has 0 radical (unpaired) electrons. The van der Waals surface area contributed by atoms with Gasteiger partial charge in [0.2, 0.25) is 0 Å². The van der Waals surface area contributed by atoms with Crippen LogP contribution in [-0.4, -0.2) is 59.6 Å². The number of thioether (sulfide) groups is 1. The molecule has 154 valence electrons. The number of carbonyl (C=O) groups excluding carboxylic acids is 1. The number of amides is 2. The SMILES string of the molecule is O=C(Nc1ccc(CCN2CCSCC2)cc1)N(CC1CC1)C1CCCCC1. The van der Waals surface area contributed by atoms with Crippen LogP contribution in [0.5, 0.6) is 0 Å². The maximum absolute atomic E-state index is 13.0. The fourth-order valence-electron chi connectivity index (χ4n) is 4.43. The van der Waals surface area contributed by atoms with E-state index in [1.807, 2.05) is 0 Å². The van der Waals surface area contributed by atoms with Gasteiger partial charge in [-0.15, -0.1) is 0 Å². The number of carbonyl (C=O) groups is 1. The molecule has 0 atom stereocenters. The molecule has 3 fully saturated rings. The van der Waals surface area contributed by atoms with Gasteiger partial charge in [-0.05, 0) is 55.7 Å². The quantitative estimate of drug-likeness (QED) is 0.709. The Balaban J connectivity index is 1.29. The predicted molar refractivity (Wildman–Crippen MR) is 119 cm³/mol. The van der Waals surface area contributed by atoms with Gasteiger partial charge in [-0.3, -0.25) is 0 Å². The molecule has 1 saturated heterocycles. The number of rotatable bonds is 7. The zero-order chi connectivity index (χ0) is 19.2. The lowest BCUT2D eigenvalue weighted by Gasteiger charge is -2.34. The molecular weight excluding hydrogens is 366 g/mol. The van der Waals surface area contributed by atoms with Crippen LogP contribution in [0.1, 0.15) is 50.5 Å². The third-order valence-corrected chi connectivity index (χ3v) is 7.40. The minimum atomic E-state index is 0.109. The average molecular weight is 402 g/mol. The zero-order valence-electron chi connectivity index (χ0n) is 17.1. The largest absolute Gasteiger partial charge is 0.322 e. The molecule has 4 nitrogen and oxygen atoms in total. The van der Waals surface area contributed by atoms with Crippen molar-refractivity contribution >= 4 is 23.5 Å². The molecule has 1 heterocycles. The Morgan fingerprint density at radius 2 is 1.75 bits per heavy atom. The highest BCUT2D eigenvalue weighted by Gasteiger charge is 2.31. The first kappa shape index (κ1) is 20.1. The second-order valence-electron chi connectivity index (χ2n) is 8.72. The van der Waals surface area contributed by atoms with Crippen molar-refractivity contribution < 1.29 is 4.79 Å². The number of hydrogen-bond acceptors (Lipinski definition) is 3. The monoisotopic (exact) mass is 401 g/mol. The predicted octanol–water partition coefficient (Wildman–Crippen LogP) is 4.85. The Morgan fingerprint density at radius 3 is 2.43 bits per heavy atom. The first-order valence-corrected chi connectivity index (χ1v) is 12.4. The van der Waals surface area contributed by atoms with Crippen molar-refractivity contribution in [2.24, 2.45) is 5.92 Å². The van der Waals surface area contributed by atoms with E-state index in [1.165, 1.54) is 75.1 Å². The fourth-order valence-corrected chi connectivity index (χ4v) is 5.41. The lowest BCUT2D eigenvalue weighted by molar-refractivity contribution is 0.163. The van der Waals surface area contributed by atoms with Crippen LogP contribution in [0.4, 0.5) is 10.5 Å². The summed E-state index contributed by atoms with van der Waals surface area (Å²) in [6, 6.07) is 9.07. The van der Waals surface area contributed by atoms with Gasteiger partial charge in [0.25, 0.3) is 0 Å². The van der Waals surface area contributed by atoms with Crippen LogP contribution < -0.4 is 5.32 Å². The van der Waals surface area contributed by atoms with Crippen molar-refractivity contribution in [3.8, 4) is 0 Å². The van der Waals surface area contributed by atoms with Crippen LogP contribution >= 0.6 is 11.8 Å². The van der Waals surface area contributed by atoms with Crippen molar-refractivity contribution in [1.29, 1.82) is 0 Å². The van der Waals surface area contributed by atoms with E-state index in [1.54, 1.807) is 0 Å². The summed E-state index contributed by atoms with van der Waals surface area (Å²) in [5.41, 5.74) is 2.29. The molecule has 28 heavy (non-hydrogen) atoms. The zero-order valence-corrected chi connectivity index (χ0v) is 17.9. The van der Waals surface area contributed by atoms with Crippen LogP contribution in [0.25, 0.3) is 0 Å². The van der Waals surface area contributed by atoms with Crippen LogP contribution in [-0.2, 0) is 6.42 Å². The molecule has 2 saturated carbocycles. The summed E-state index contributed by atoms with van der Waals surface area (Å²) in [5, 5.41) is 3.18. The minimum absolute atomic E-state index is 0.109. The number of anilines is 1. The summed E-state index contributed by atoms with van der Waals surface area (Å²) in [6.45, 7) is 4.53. The highest BCUT2D eigenvalue weighted by atomic mass is 32.2. The summed E-state index contributed by atoms with van der Waals surface area (Å²) in [6.07, 6.45) is 9.89. The van der Waals surface area contributed by atoms with Gasteiger partial charge in [0.1, 0.15) is 0 Å². The highest BCUT2D eigenvalue weighted by molar-refractivity contribution is 7.99. The van der Waals surface area contributed by atoms with Crippen LogP contribution in [0.2, 0.25) is 0 Å². The van der Waals surface area contributed by atoms with Gasteiger partial charge in [-0.2, -0.15) is 11.8 Å². The topological polar surface area (TPSA) is 35.6 Å².